The average molecular weight is 388 g/mol. The second-order valence-corrected chi connectivity index (χ2v) is 7.63. The molecule has 0 bridgehead atoms. The third kappa shape index (κ3) is 3.61. The molecule has 0 radical (unpaired) electrons. The van der Waals surface area contributed by atoms with E-state index in [1.54, 1.807) is 24.3 Å². The summed E-state index contributed by atoms with van der Waals surface area (Å²) >= 11 is 1.23. The molecule has 0 fully saturated rings. The minimum atomic E-state index is -0.546. The van der Waals surface area contributed by atoms with Crippen LogP contribution in [0.5, 0.6) is 5.75 Å². The number of aromatic hydroxyl groups is 1. The smallest absolute Gasteiger partial charge is 0.341 e. The fourth-order valence-electron chi connectivity index (χ4n) is 3.17. The normalized spacial score (nSPS) is 11.3. The molecule has 7 heteroatoms. The molecule has 1 heterocycles. The zero-order chi connectivity index (χ0) is 19.7. The Morgan fingerprint density at radius 2 is 2.00 bits per heavy atom. The van der Waals surface area contributed by atoms with E-state index in [0.717, 1.165) is 0 Å². The number of fused-ring (bicyclic) bond motifs is 1. The van der Waals surface area contributed by atoms with Gasteiger partial charge in [0.15, 0.2) is 0 Å². The van der Waals surface area contributed by atoms with Crippen molar-refractivity contribution in [2.24, 2.45) is 0 Å². The number of halogens is 1. The van der Waals surface area contributed by atoms with Crippen LogP contribution in [0.2, 0.25) is 0 Å². The molecule has 0 aliphatic carbocycles. The number of nitrogens with two attached hydrogens (primary N) is 1. The van der Waals surface area contributed by atoms with E-state index in [1.165, 1.54) is 24.5 Å². The van der Waals surface area contributed by atoms with Crippen LogP contribution < -0.4 is 5.73 Å². The van der Waals surface area contributed by atoms with Crippen LogP contribution >= 0.6 is 11.3 Å². The first kappa shape index (κ1) is 19.1. The van der Waals surface area contributed by atoms with Gasteiger partial charge in [-0.25, -0.2) is 9.18 Å². The lowest BCUT2D eigenvalue weighted by atomic mass is 9.96. The second kappa shape index (κ2) is 7.54. The maximum atomic E-state index is 14.2. The molecule has 0 amide bonds. The molecule has 3 N–H and O–H groups in total. The zero-order valence-corrected chi connectivity index (χ0v) is 16.2. The van der Waals surface area contributed by atoms with Gasteiger partial charge in [0, 0.05) is 28.6 Å². The first-order valence-electron chi connectivity index (χ1n) is 8.35. The Kier molecular flexibility index (Phi) is 5.34. The van der Waals surface area contributed by atoms with Crippen molar-refractivity contribution in [3.63, 3.8) is 0 Å². The Hall–Kier alpha value is -2.64. The van der Waals surface area contributed by atoms with E-state index in [0.29, 0.717) is 38.3 Å². The van der Waals surface area contributed by atoms with Gasteiger partial charge >= 0.3 is 5.97 Å². The average Bonchev–Trinajstić information content (AvgIpc) is 2.96. The van der Waals surface area contributed by atoms with Gasteiger partial charge < -0.3 is 20.5 Å². The second-order valence-electron chi connectivity index (χ2n) is 6.58. The Balaban J connectivity index is 2.29. The van der Waals surface area contributed by atoms with Crippen molar-refractivity contribution in [1.82, 2.24) is 4.90 Å². The molecule has 0 saturated heterocycles. The molecule has 0 saturated carbocycles. The Bertz CT molecular complexity index is 1010. The molecule has 0 unspecified atom stereocenters. The molecule has 0 aliphatic rings. The summed E-state index contributed by atoms with van der Waals surface area (Å²) in [4.78, 5) is 14.3. The molecule has 3 rings (SSSR count). The fraction of sp³-hybridized carbons (Fsp3) is 0.250. The molecular formula is C20H21FN2O3S. The van der Waals surface area contributed by atoms with Gasteiger partial charge in [0.2, 0.25) is 0 Å². The number of benzene rings is 2. The number of esters is 1. The number of nitrogens with zero attached hydrogens (tertiary/aromatic N) is 1. The first-order valence-corrected chi connectivity index (χ1v) is 9.17. The number of phenolic OH excluding ortho intramolecular Hbond substituents is 1. The summed E-state index contributed by atoms with van der Waals surface area (Å²) in [5.74, 6) is -0.791. The third-order valence-electron chi connectivity index (χ3n) is 4.35. The summed E-state index contributed by atoms with van der Waals surface area (Å²) in [5, 5.41) is 11.5. The highest BCUT2D eigenvalue weighted by molar-refractivity contribution is 7.23. The number of phenols is 1. The monoisotopic (exact) mass is 388 g/mol. The highest BCUT2D eigenvalue weighted by atomic mass is 32.1. The van der Waals surface area contributed by atoms with Crippen LogP contribution in [0.15, 0.2) is 30.3 Å². The van der Waals surface area contributed by atoms with E-state index in [4.69, 9.17) is 10.5 Å². The van der Waals surface area contributed by atoms with Crippen molar-refractivity contribution >= 4 is 32.4 Å². The van der Waals surface area contributed by atoms with Crippen LogP contribution in [-0.4, -0.2) is 37.2 Å². The Morgan fingerprint density at radius 1 is 1.30 bits per heavy atom. The number of ether oxygens (including phenoxy) is 1. The molecule has 142 valence electrons. The van der Waals surface area contributed by atoms with Crippen molar-refractivity contribution in [2.45, 2.75) is 13.0 Å². The number of carbonyl (C=O) groups excluding carboxylic acids is 1. The minimum Gasteiger partial charge on any atom is -0.508 e. The van der Waals surface area contributed by atoms with Crippen LogP contribution in [-0.2, 0) is 17.7 Å². The third-order valence-corrected chi connectivity index (χ3v) is 5.43. The van der Waals surface area contributed by atoms with Gasteiger partial charge in [-0.05, 0) is 37.4 Å². The van der Waals surface area contributed by atoms with Gasteiger partial charge in [-0.15, -0.1) is 11.3 Å². The number of hydrogen-bond donors (Lipinski definition) is 2. The number of carbonyl (C=O) groups is 1. The largest absolute Gasteiger partial charge is 0.508 e. The summed E-state index contributed by atoms with van der Waals surface area (Å²) in [7, 11) is 5.07. The predicted octanol–water partition coefficient (Wildman–Crippen LogP) is 3.77. The number of anilines is 1. The highest BCUT2D eigenvalue weighted by Crippen LogP contribution is 2.43. The molecule has 2 aromatic carbocycles. The first-order chi connectivity index (χ1) is 12.8. The summed E-state index contributed by atoms with van der Waals surface area (Å²) in [6.45, 7) is 0.475. The van der Waals surface area contributed by atoms with E-state index < -0.39 is 5.97 Å². The van der Waals surface area contributed by atoms with E-state index in [-0.39, 0.29) is 23.6 Å². The van der Waals surface area contributed by atoms with Gasteiger partial charge in [-0.1, -0.05) is 18.2 Å². The maximum Gasteiger partial charge on any atom is 0.341 e. The van der Waals surface area contributed by atoms with Crippen LogP contribution in [0.3, 0.4) is 0 Å². The number of thiophene rings is 1. The number of methoxy groups -OCH3 is 1. The minimum absolute atomic E-state index is 0.0974. The van der Waals surface area contributed by atoms with Crippen molar-refractivity contribution in [1.29, 1.82) is 0 Å². The molecule has 3 aromatic rings. The SMILES string of the molecule is COC(=O)c1c(N)sc2c(CN(C)C)c(O)cc(Cc3ccccc3F)c12. The summed E-state index contributed by atoms with van der Waals surface area (Å²) in [5.41, 5.74) is 8.17. The molecule has 5 nitrogen and oxygen atoms in total. The molecule has 27 heavy (non-hydrogen) atoms. The van der Waals surface area contributed by atoms with Crippen LogP contribution in [0, 0.1) is 5.82 Å². The zero-order valence-electron chi connectivity index (χ0n) is 15.4. The lowest BCUT2D eigenvalue weighted by molar-refractivity contribution is 0.0604. The van der Waals surface area contributed by atoms with Gasteiger partial charge in [0.05, 0.1) is 7.11 Å². The van der Waals surface area contributed by atoms with E-state index in [1.807, 2.05) is 19.0 Å². The predicted molar refractivity (Wildman–Crippen MR) is 106 cm³/mol. The number of rotatable bonds is 5. The van der Waals surface area contributed by atoms with Crippen LogP contribution in [0.1, 0.15) is 27.0 Å². The van der Waals surface area contributed by atoms with Crippen LogP contribution in [0.4, 0.5) is 9.39 Å². The topological polar surface area (TPSA) is 75.8 Å². The summed E-state index contributed by atoms with van der Waals surface area (Å²) < 4.78 is 19.8. The quantitative estimate of drug-likeness (QED) is 0.651. The van der Waals surface area contributed by atoms with E-state index in [9.17, 15) is 14.3 Å². The van der Waals surface area contributed by atoms with Crippen molar-refractivity contribution in [3.8, 4) is 5.75 Å². The molecule has 1 aromatic heterocycles. The Morgan fingerprint density at radius 3 is 2.63 bits per heavy atom. The molecule has 0 aliphatic heterocycles. The molecule has 0 spiro atoms. The van der Waals surface area contributed by atoms with Gasteiger partial charge in [-0.3, -0.25) is 0 Å². The fourth-order valence-corrected chi connectivity index (χ4v) is 4.30. The Labute approximate surface area is 160 Å². The van der Waals surface area contributed by atoms with Gasteiger partial charge in [0.25, 0.3) is 0 Å². The lowest BCUT2D eigenvalue weighted by Crippen LogP contribution is -2.11. The maximum absolute atomic E-state index is 14.2. The van der Waals surface area contributed by atoms with Crippen molar-refractivity contribution in [2.75, 3.05) is 26.9 Å². The van der Waals surface area contributed by atoms with Crippen molar-refractivity contribution in [3.05, 3.63) is 58.4 Å². The van der Waals surface area contributed by atoms with E-state index in [2.05, 4.69) is 0 Å². The van der Waals surface area contributed by atoms with Crippen molar-refractivity contribution < 1.29 is 19.0 Å². The molecular weight excluding hydrogens is 367 g/mol. The van der Waals surface area contributed by atoms with E-state index >= 15 is 0 Å². The standard InChI is InChI=1S/C20H21FN2O3S/c1-23(2)10-13-15(24)9-12(8-11-6-4-5-7-14(11)21)16-17(20(25)26-3)19(22)27-18(13)16/h4-7,9,24H,8,10,22H2,1-3H3. The summed E-state index contributed by atoms with van der Waals surface area (Å²) in [6, 6.07) is 8.02. The molecule has 0 atom stereocenters. The highest BCUT2D eigenvalue weighted by Gasteiger charge is 2.25. The lowest BCUT2D eigenvalue weighted by Gasteiger charge is -2.15. The number of nitrogen functional groups attached to an aromatic ring is 1. The van der Waals surface area contributed by atoms with Gasteiger partial charge in [-0.2, -0.15) is 0 Å². The van der Waals surface area contributed by atoms with Crippen LogP contribution in [0.25, 0.3) is 10.1 Å². The van der Waals surface area contributed by atoms with Gasteiger partial charge in [0.1, 0.15) is 22.1 Å². The number of hydrogen-bond acceptors (Lipinski definition) is 6. The summed E-state index contributed by atoms with van der Waals surface area (Å²) in [6.07, 6.45) is 0.221.